The third kappa shape index (κ3) is 2.41. The first-order valence-electron chi connectivity index (χ1n) is 5.02. The lowest BCUT2D eigenvalue weighted by Gasteiger charge is -2.12. The van der Waals surface area contributed by atoms with Crippen LogP contribution in [-0.2, 0) is 6.42 Å². The summed E-state index contributed by atoms with van der Waals surface area (Å²) in [6, 6.07) is 4.21. The summed E-state index contributed by atoms with van der Waals surface area (Å²) in [6.45, 7) is 0. The van der Waals surface area contributed by atoms with Gasteiger partial charge in [-0.3, -0.25) is 4.98 Å². The number of allylic oxidation sites excluding steroid dienone is 2. The van der Waals surface area contributed by atoms with Crippen LogP contribution in [-0.4, -0.2) is 4.98 Å². The molecule has 0 saturated carbocycles. The average Bonchev–Trinajstić information content (AvgIpc) is 2.21. The number of hydrogen-bond acceptors (Lipinski definition) is 1. The summed E-state index contributed by atoms with van der Waals surface area (Å²) in [6.07, 6.45) is 12.6. The number of pyridine rings is 1. The van der Waals surface area contributed by atoms with E-state index in [1.165, 1.54) is 31.2 Å². The number of hydrogen-bond donors (Lipinski definition) is 0. The van der Waals surface area contributed by atoms with E-state index in [0.717, 1.165) is 6.42 Å². The minimum atomic E-state index is 1.13. The van der Waals surface area contributed by atoms with Gasteiger partial charge in [-0.25, -0.2) is 0 Å². The molecule has 0 atom stereocenters. The zero-order chi connectivity index (χ0) is 8.93. The third-order valence-corrected chi connectivity index (χ3v) is 2.57. The summed E-state index contributed by atoms with van der Waals surface area (Å²) in [5.41, 5.74) is 3.00. The number of aromatic nitrogens is 1. The monoisotopic (exact) mass is 173 g/mol. The fourth-order valence-electron chi connectivity index (χ4n) is 1.83. The molecule has 1 heterocycles. The van der Waals surface area contributed by atoms with E-state index in [-0.39, 0.29) is 0 Å². The van der Waals surface area contributed by atoms with Crippen LogP contribution < -0.4 is 0 Å². The van der Waals surface area contributed by atoms with Crippen LogP contribution in [0.2, 0.25) is 0 Å². The summed E-state index contributed by atoms with van der Waals surface area (Å²) in [7, 11) is 0. The molecule has 1 heteroatoms. The Labute approximate surface area is 79.5 Å². The van der Waals surface area contributed by atoms with Crippen molar-refractivity contribution in [3.05, 3.63) is 41.7 Å². The van der Waals surface area contributed by atoms with Crippen LogP contribution in [0.15, 0.2) is 36.2 Å². The summed E-state index contributed by atoms with van der Waals surface area (Å²) in [5.74, 6) is 0. The van der Waals surface area contributed by atoms with Crippen molar-refractivity contribution in [2.24, 2.45) is 0 Å². The quantitative estimate of drug-likeness (QED) is 0.626. The van der Waals surface area contributed by atoms with E-state index in [4.69, 9.17) is 0 Å². The fourth-order valence-corrected chi connectivity index (χ4v) is 1.83. The summed E-state index contributed by atoms with van der Waals surface area (Å²) in [4.78, 5) is 4.02. The van der Waals surface area contributed by atoms with E-state index in [2.05, 4.69) is 23.2 Å². The highest BCUT2D eigenvalue weighted by molar-refractivity contribution is 5.20. The Morgan fingerprint density at radius 2 is 2.00 bits per heavy atom. The Kier molecular flexibility index (Phi) is 2.75. The second-order valence-electron chi connectivity index (χ2n) is 3.64. The van der Waals surface area contributed by atoms with Crippen molar-refractivity contribution in [1.82, 2.24) is 4.98 Å². The van der Waals surface area contributed by atoms with E-state index in [1.807, 2.05) is 12.4 Å². The van der Waals surface area contributed by atoms with Gasteiger partial charge in [0.25, 0.3) is 0 Å². The van der Waals surface area contributed by atoms with E-state index in [0.29, 0.717) is 0 Å². The molecule has 1 aliphatic rings. The molecule has 13 heavy (non-hydrogen) atoms. The predicted octanol–water partition coefficient (Wildman–Crippen LogP) is 3.12. The lowest BCUT2D eigenvalue weighted by molar-refractivity contribution is 0.688. The first kappa shape index (κ1) is 8.49. The minimum Gasteiger partial charge on any atom is -0.265 e. The highest BCUT2D eigenvalue weighted by atomic mass is 14.6. The van der Waals surface area contributed by atoms with Crippen LogP contribution in [0.3, 0.4) is 0 Å². The molecule has 1 aliphatic carbocycles. The van der Waals surface area contributed by atoms with Crippen LogP contribution in [0.5, 0.6) is 0 Å². The Morgan fingerprint density at radius 3 is 2.69 bits per heavy atom. The lowest BCUT2D eigenvalue weighted by atomic mass is 9.95. The van der Waals surface area contributed by atoms with Crippen molar-refractivity contribution in [3.8, 4) is 0 Å². The van der Waals surface area contributed by atoms with Crippen LogP contribution in [0.25, 0.3) is 0 Å². The van der Waals surface area contributed by atoms with Crippen molar-refractivity contribution in [2.75, 3.05) is 0 Å². The molecule has 0 bridgehead atoms. The van der Waals surface area contributed by atoms with Crippen LogP contribution in [0, 0.1) is 0 Å². The van der Waals surface area contributed by atoms with E-state index >= 15 is 0 Å². The largest absolute Gasteiger partial charge is 0.265 e. The molecule has 0 saturated heterocycles. The summed E-state index contributed by atoms with van der Waals surface area (Å²) < 4.78 is 0. The maximum atomic E-state index is 4.02. The van der Waals surface area contributed by atoms with Gasteiger partial charge >= 0.3 is 0 Å². The molecule has 0 amide bonds. The Balaban J connectivity index is 2.01. The SMILES string of the molecule is C1=C(Cc2ccncc2)CCCC1. The second kappa shape index (κ2) is 4.22. The van der Waals surface area contributed by atoms with Crippen molar-refractivity contribution >= 4 is 0 Å². The third-order valence-electron chi connectivity index (χ3n) is 2.57. The van der Waals surface area contributed by atoms with Gasteiger partial charge in [0, 0.05) is 12.4 Å². The molecule has 0 radical (unpaired) electrons. The Hall–Kier alpha value is -1.11. The molecule has 0 fully saturated rings. The normalized spacial score (nSPS) is 16.8. The van der Waals surface area contributed by atoms with Crippen molar-refractivity contribution in [2.45, 2.75) is 32.1 Å². The minimum absolute atomic E-state index is 1.13. The molecule has 0 aromatic carbocycles. The molecule has 1 nitrogen and oxygen atoms in total. The molecular formula is C12H15N. The summed E-state index contributed by atoms with van der Waals surface area (Å²) in [5, 5.41) is 0. The van der Waals surface area contributed by atoms with Crippen molar-refractivity contribution < 1.29 is 0 Å². The molecule has 0 spiro atoms. The first-order chi connectivity index (χ1) is 6.45. The standard InChI is InChI=1S/C12H15N/c1-2-4-11(5-3-1)10-12-6-8-13-9-7-12/h4,6-9H,1-3,5,10H2. The van der Waals surface area contributed by atoms with Gasteiger partial charge in [0.2, 0.25) is 0 Å². The Morgan fingerprint density at radius 1 is 1.15 bits per heavy atom. The molecule has 2 rings (SSSR count). The molecule has 1 aromatic rings. The van der Waals surface area contributed by atoms with Crippen LogP contribution >= 0.6 is 0 Å². The fraction of sp³-hybridized carbons (Fsp3) is 0.417. The van der Waals surface area contributed by atoms with Gasteiger partial charge < -0.3 is 0 Å². The predicted molar refractivity (Wildman–Crippen MR) is 54.5 cm³/mol. The summed E-state index contributed by atoms with van der Waals surface area (Å²) >= 11 is 0. The highest BCUT2D eigenvalue weighted by Crippen LogP contribution is 2.20. The van der Waals surface area contributed by atoms with Gasteiger partial charge in [0.1, 0.15) is 0 Å². The molecule has 0 unspecified atom stereocenters. The van der Waals surface area contributed by atoms with Gasteiger partial charge in [0.15, 0.2) is 0 Å². The number of nitrogens with zero attached hydrogens (tertiary/aromatic N) is 1. The number of rotatable bonds is 2. The van der Waals surface area contributed by atoms with E-state index in [9.17, 15) is 0 Å². The molecule has 1 aromatic heterocycles. The molecular weight excluding hydrogens is 158 g/mol. The first-order valence-corrected chi connectivity index (χ1v) is 5.02. The second-order valence-corrected chi connectivity index (χ2v) is 3.64. The Bertz CT molecular complexity index is 287. The van der Waals surface area contributed by atoms with Gasteiger partial charge in [-0.2, -0.15) is 0 Å². The maximum Gasteiger partial charge on any atom is 0.0270 e. The van der Waals surface area contributed by atoms with Crippen molar-refractivity contribution in [3.63, 3.8) is 0 Å². The average molecular weight is 173 g/mol. The zero-order valence-corrected chi connectivity index (χ0v) is 7.87. The zero-order valence-electron chi connectivity index (χ0n) is 7.87. The van der Waals surface area contributed by atoms with Gasteiger partial charge in [-0.1, -0.05) is 11.6 Å². The van der Waals surface area contributed by atoms with Gasteiger partial charge in [0.05, 0.1) is 0 Å². The van der Waals surface area contributed by atoms with Gasteiger partial charge in [-0.15, -0.1) is 0 Å². The molecule has 68 valence electrons. The van der Waals surface area contributed by atoms with E-state index in [1.54, 1.807) is 5.57 Å². The topological polar surface area (TPSA) is 12.9 Å². The van der Waals surface area contributed by atoms with Crippen LogP contribution in [0.4, 0.5) is 0 Å². The smallest absolute Gasteiger partial charge is 0.0270 e. The van der Waals surface area contributed by atoms with Crippen molar-refractivity contribution in [1.29, 1.82) is 0 Å². The molecule has 0 N–H and O–H groups in total. The lowest BCUT2D eigenvalue weighted by Crippen LogP contribution is -1.95. The van der Waals surface area contributed by atoms with Gasteiger partial charge in [-0.05, 0) is 49.8 Å². The van der Waals surface area contributed by atoms with Crippen LogP contribution in [0.1, 0.15) is 31.2 Å². The highest BCUT2D eigenvalue weighted by Gasteiger charge is 2.03. The van der Waals surface area contributed by atoms with E-state index < -0.39 is 0 Å². The molecule has 0 aliphatic heterocycles. The maximum absolute atomic E-state index is 4.02.